The molecule has 2 heterocycles. The van der Waals surface area contributed by atoms with E-state index >= 15 is 0 Å². The number of carbonyl (C=O) groups excluding carboxylic acids is 1. The Morgan fingerprint density at radius 3 is 2.44 bits per heavy atom. The summed E-state index contributed by atoms with van der Waals surface area (Å²) in [4.78, 5) is 27.2. The fraction of sp³-hybridized carbons (Fsp3) is 0.296. The van der Waals surface area contributed by atoms with Gasteiger partial charge in [0, 0.05) is 63.5 Å². The average molecular weight is 555 g/mol. The van der Waals surface area contributed by atoms with Crippen molar-refractivity contribution in [1.82, 2.24) is 14.1 Å². The smallest absolute Gasteiger partial charge is 0.289 e. The van der Waals surface area contributed by atoms with Crippen molar-refractivity contribution in [3.8, 4) is 5.75 Å². The van der Waals surface area contributed by atoms with Crippen LogP contribution in [0.1, 0.15) is 16.1 Å². The lowest BCUT2D eigenvalue weighted by atomic mass is 10.2. The molecule has 0 spiro atoms. The van der Waals surface area contributed by atoms with Crippen molar-refractivity contribution in [2.75, 3.05) is 52.9 Å². The highest BCUT2D eigenvalue weighted by Crippen LogP contribution is 2.21. The van der Waals surface area contributed by atoms with E-state index in [1.165, 1.54) is 34.8 Å². The summed E-state index contributed by atoms with van der Waals surface area (Å²) in [5.74, 6) is 0.753. The molecule has 3 aromatic rings. The van der Waals surface area contributed by atoms with Gasteiger partial charge in [0.05, 0.1) is 23.2 Å². The average Bonchev–Trinajstić information content (AvgIpc) is 3.50. The maximum Gasteiger partial charge on any atom is 0.289 e. The molecule has 4 rings (SSSR count). The van der Waals surface area contributed by atoms with Crippen molar-refractivity contribution in [3.63, 3.8) is 0 Å². The Bertz CT molecular complexity index is 1400. The number of ether oxygens (including phenoxy) is 1. The van der Waals surface area contributed by atoms with Gasteiger partial charge >= 0.3 is 0 Å². The number of non-ortho nitro benzene ring substituents is 1. The second-order valence-corrected chi connectivity index (χ2v) is 10.8. The minimum absolute atomic E-state index is 0.0265. The van der Waals surface area contributed by atoms with Gasteiger partial charge in [0.25, 0.3) is 11.6 Å². The molecule has 1 aromatic heterocycles. The molecule has 0 atom stereocenters. The number of hydrogen-bond donors (Lipinski definition) is 0. The number of furan rings is 1. The molecule has 1 aliphatic rings. The van der Waals surface area contributed by atoms with Crippen LogP contribution in [0.25, 0.3) is 6.08 Å². The van der Waals surface area contributed by atoms with E-state index in [0.29, 0.717) is 32.7 Å². The lowest BCUT2D eigenvalue weighted by Crippen LogP contribution is -2.50. The lowest BCUT2D eigenvalue weighted by Gasteiger charge is -2.35. The molecule has 11 nitrogen and oxygen atoms in total. The number of nitro benzene ring substituents is 1. The van der Waals surface area contributed by atoms with E-state index in [2.05, 4.69) is 4.90 Å². The fourth-order valence-corrected chi connectivity index (χ4v) is 5.71. The Morgan fingerprint density at radius 2 is 1.79 bits per heavy atom. The Labute approximate surface area is 227 Å². The summed E-state index contributed by atoms with van der Waals surface area (Å²) in [6, 6.07) is 15.8. The topological polar surface area (TPSA) is 126 Å². The van der Waals surface area contributed by atoms with E-state index in [1.807, 2.05) is 36.4 Å². The van der Waals surface area contributed by atoms with Crippen LogP contribution in [0.15, 0.2) is 82.3 Å². The normalized spacial score (nSPS) is 14.9. The molecule has 0 N–H and O–H groups in total. The van der Waals surface area contributed by atoms with Gasteiger partial charge < -0.3 is 14.1 Å². The largest absolute Gasteiger partial charge is 0.496 e. The predicted octanol–water partition coefficient (Wildman–Crippen LogP) is 3.36. The molecule has 2 aromatic carbocycles. The summed E-state index contributed by atoms with van der Waals surface area (Å²) < 4.78 is 38.1. The van der Waals surface area contributed by atoms with Crippen LogP contribution in [0.3, 0.4) is 0 Å². The Balaban J connectivity index is 1.36. The van der Waals surface area contributed by atoms with Crippen LogP contribution in [0.2, 0.25) is 0 Å². The Morgan fingerprint density at radius 1 is 1.08 bits per heavy atom. The quantitative estimate of drug-likeness (QED) is 0.261. The SMILES string of the molecule is COc1ccccc1/C=C/CN(CCN1CCN(S(=O)(=O)c2ccc([N+](=O)[O-])cc2)CC1)C(=O)c1ccco1. The van der Waals surface area contributed by atoms with Crippen molar-refractivity contribution in [2.24, 2.45) is 0 Å². The molecule has 0 unspecified atom stereocenters. The summed E-state index contributed by atoms with van der Waals surface area (Å²) in [5, 5.41) is 10.9. The lowest BCUT2D eigenvalue weighted by molar-refractivity contribution is -0.384. The molecular formula is C27H30N4O7S. The van der Waals surface area contributed by atoms with Gasteiger partial charge in [-0.15, -0.1) is 0 Å². The van der Waals surface area contributed by atoms with Crippen LogP contribution in [-0.2, 0) is 10.0 Å². The van der Waals surface area contributed by atoms with Crippen LogP contribution in [0.4, 0.5) is 5.69 Å². The summed E-state index contributed by atoms with van der Waals surface area (Å²) in [6.07, 6.45) is 5.26. The van der Waals surface area contributed by atoms with E-state index in [0.717, 1.165) is 11.3 Å². The van der Waals surface area contributed by atoms with E-state index in [4.69, 9.17) is 9.15 Å². The number of amides is 1. The van der Waals surface area contributed by atoms with E-state index in [9.17, 15) is 23.3 Å². The first-order valence-electron chi connectivity index (χ1n) is 12.4. The zero-order valence-corrected chi connectivity index (χ0v) is 22.3. The third kappa shape index (κ3) is 6.91. The van der Waals surface area contributed by atoms with Crippen molar-refractivity contribution >= 4 is 27.7 Å². The third-order valence-corrected chi connectivity index (χ3v) is 8.40. The van der Waals surface area contributed by atoms with Gasteiger partial charge in [-0.3, -0.25) is 19.8 Å². The minimum atomic E-state index is -3.76. The standard InChI is InChI=1S/C27H30N4O7S/c1-37-25-8-3-2-6-22(25)7-4-14-29(27(32)26-9-5-21-38-26)18-15-28-16-19-30(20-17-28)39(35,36)24-12-10-23(11-13-24)31(33)34/h2-13,21H,14-20H2,1H3/b7-4+. The van der Waals surface area contributed by atoms with Crippen LogP contribution in [-0.4, -0.2) is 86.3 Å². The van der Waals surface area contributed by atoms with Crippen LogP contribution >= 0.6 is 0 Å². The van der Waals surface area contributed by atoms with Crippen LogP contribution in [0.5, 0.6) is 5.75 Å². The van der Waals surface area contributed by atoms with Crippen LogP contribution < -0.4 is 4.74 Å². The number of sulfonamides is 1. The number of hydrogen-bond acceptors (Lipinski definition) is 8. The van der Waals surface area contributed by atoms with Gasteiger partial charge in [-0.05, 0) is 30.3 Å². The molecule has 1 aliphatic heterocycles. The van der Waals surface area contributed by atoms with Gasteiger partial charge in [0.15, 0.2) is 5.76 Å². The highest BCUT2D eigenvalue weighted by Gasteiger charge is 2.29. The first kappa shape index (κ1) is 28.0. The monoisotopic (exact) mass is 554 g/mol. The van der Waals surface area contributed by atoms with Crippen LogP contribution in [0, 0.1) is 10.1 Å². The number of para-hydroxylation sites is 1. The number of nitrogens with zero attached hydrogens (tertiary/aromatic N) is 4. The molecule has 0 saturated carbocycles. The second kappa shape index (κ2) is 12.7. The maximum absolute atomic E-state index is 13.1. The summed E-state index contributed by atoms with van der Waals surface area (Å²) in [6.45, 7) is 2.87. The number of rotatable bonds is 11. The van der Waals surface area contributed by atoms with Crippen molar-refractivity contribution in [3.05, 3.63) is 94.4 Å². The van der Waals surface area contributed by atoms with Gasteiger partial charge in [0.2, 0.25) is 10.0 Å². The molecule has 0 aliphatic carbocycles. The Kier molecular flexibility index (Phi) is 9.12. The van der Waals surface area contributed by atoms with Gasteiger partial charge in [0.1, 0.15) is 5.75 Å². The molecule has 0 radical (unpaired) electrons. The second-order valence-electron chi connectivity index (χ2n) is 8.87. The number of nitro groups is 1. The highest BCUT2D eigenvalue weighted by molar-refractivity contribution is 7.89. The Hall–Kier alpha value is -4.00. The van der Waals surface area contributed by atoms with E-state index in [-0.39, 0.29) is 35.3 Å². The number of piperazine rings is 1. The predicted molar refractivity (Wildman–Crippen MR) is 145 cm³/mol. The number of methoxy groups -OCH3 is 1. The zero-order chi connectivity index (χ0) is 27.8. The zero-order valence-electron chi connectivity index (χ0n) is 21.5. The van der Waals surface area contributed by atoms with Gasteiger partial charge in [-0.25, -0.2) is 8.42 Å². The van der Waals surface area contributed by atoms with Gasteiger partial charge in [-0.2, -0.15) is 4.31 Å². The van der Waals surface area contributed by atoms with E-state index < -0.39 is 14.9 Å². The first-order chi connectivity index (χ1) is 18.8. The van der Waals surface area contributed by atoms with Crippen molar-refractivity contribution in [2.45, 2.75) is 4.90 Å². The third-order valence-electron chi connectivity index (χ3n) is 6.48. The molecule has 206 valence electrons. The first-order valence-corrected chi connectivity index (χ1v) is 13.8. The molecule has 12 heteroatoms. The van der Waals surface area contributed by atoms with E-state index in [1.54, 1.807) is 24.1 Å². The molecule has 1 saturated heterocycles. The number of carbonyl (C=O) groups is 1. The van der Waals surface area contributed by atoms with Crippen molar-refractivity contribution < 1.29 is 27.3 Å². The number of benzene rings is 2. The summed E-state index contributed by atoms with van der Waals surface area (Å²) in [7, 11) is -2.15. The molecule has 0 bridgehead atoms. The highest BCUT2D eigenvalue weighted by atomic mass is 32.2. The molecule has 1 fully saturated rings. The van der Waals surface area contributed by atoms with Crippen molar-refractivity contribution in [1.29, 1.82) is 0 Å². The fourth-order valence-electron chi connectivity index (χ4n) is 4.29. The molecule has 39 heavy (non-hydrogen) atoms. The minimum Gasteiger partial charge on any atom is -0.496 e. The molecular weight excluding hydrogens is 524 g/mol. The summed E-state index contributed by atoms with van der Waals surface area (Å²) >= 11 is 0. The maximum atomic E-state index is 13.1. The summed E-state index contributed by atoms with van der Waals surface area (Å²) in [5.41, 5.74) is 0.737. The van der Waals surface area contributed by atoms with Gasteiger partial charge in [-0.1, -0.05) is 30.4 Å². The molecule has 1 amide bonds.